The number of aryl methyl sites for hydroxylation is 1. The maximum Gasteiger partial charge on any atom is 0.132 e. The second-order valence-corrected chi connectivity index (χ2v) is 6.47. The van der Waals surface area contributed by atoms with Gasteiger partial charge in [0.05, 0.1) is 0 Å². The van der Waals surface area contributed by atoms with E-state index in [4.69, 9.17) is 0 Å². The van der Waals surface area contributed by atoms with Gasteiger partial charge in [-0.15, -0.1) is 0 Å². The summed E-state index contributed by atoms with van der Waals surface area (Å²) in [6.45, 7) is 9.46. The fraction of sp³-hybridized carbons (Fsp3) is 0.389. The Morgan fingerprint density at radius 1 is 1.10 bits per heavy atom. The van der Waals surface area contributed by atoms with Crippen LogP contribution in [0.4, 0.5) is 11.5 Å². The molecule has 1 aromatic carbocycles. The molecule has 21 heavy (non-hydrogen) atoms. The molecule has 0 bridgehead atoms. The summed E-state index contributed by atoms with van der Waals surface area (Å²) in [5.74, 6) is 0.962. The zero-order valence-corrected chi connectivity index (χ0v) is 13.6. The molecule has 0 amide bonds. The van der Waals surface area contributed by atoms with E-state index in [1.54, 1.807) is 0 Å². The lowest BCUT2D eigenvalue weighted by atomic mass is 10.1. The molecular weight excluding hydrogens is 258 g/mol. The Kier molecular flexibility index (Phi) is 4.63. The van der Waals surface area contributed by atoms with E-state index in [0.29, 0.717) is 0 Å². The molecule has 1 heterocycles. The Hall–Kier alpha value is -1.87. The Bertz CT molecular complexity index is 582. The molecule has 0 saturated heterocycles. The van der Waals surface area contributed by atoms with E-state index in [0.717, 1.165) is 12.4 Å². The average Bonchev–Trinajstić information content (AvgIpc) is 2.45. The molecule has 112 valence electrons. The van der Waals surface area contributed by atoms with Gasteiger partial charge in [0.15, 0.2) is 0 Å². The number of nitrogens with one attached hydrogen (secondary N) is 1. The molecule has 3 nitrogen and oxygen atoms in total. The highest BCUT2D eigenvalue weighted by molar-refractivity contribution is 5.62. The number of pyridine rings is 1. The van der Waals surface area contributed by atoms with Crippen molar-refractivity contribution >= 4 is 11.5 Å². The lowest BCUT2D eigenvalue weighted by Crippen LogP contribution is -2.35. The van der Waals surface area contributed by atoms with Gasteiger partial charge in [-0.2, -0.15) is 0 Å². The third-order valence-corrected chi connectivity index (χ3v) is 3.45. The molecule has 0 aliphatic carbocycles. The van der Waals surface area contributed by atoms with E-state index in [-0.39, 0.29) is 5.54 Å². The average molecular weight is 283 g/mol. The van der Waals surface area contributed by atoms with Crippen LogP contribution in [0.2, 0.25) is 0 Å². The first kappa shape index (κ1) is 15.5. The largest absolute Gasteiger partial charge is 0.329 e. The van der Waals surface area contributed by atoms with Crippen molar-refractivity contribution in [3.05, 3.63) is 53.7 Å². The van der Waals surface area contributed by atoms with E-state index in [9.17, 15) is 0 Å². The topological polar surface area (TPSA) is 28.2 Å². The molecule has 1 N–H and O–H groups in total. The van der Waals surface area contributed by atoms with Gasteiger partial charge in [-0.1, -0.05) is 24.3 Å². The van der Waals surface area contributed by atoms with Gasteiger partial charge in [-0.05, 0) is 51.0 Å². The highest BCUT2D eigenvalue weighted by Gasteiger charge is 2.10. The minimum atomic E-state index is 0.122. The Labute approximate surface area is 128 Å². The van der Waals surface area contributed by atoms with Gasteiger partial charge in [0, 0.05) is 31.0 Å². The van der Waals surface area contributed by atoms with Crippen LogP contribution in [0.25, 0.3) is 0 Å². The minimum Gasteiger partial charge on any atom is -0.329 e. The fourth-order valence-electron chi connectivity index (χ4n) is 2.15. The van der Waals surface area contributed by atoms with Crippen LogP contribution in [0.5, 0.6) is 0 Å². The summed E-state index contributed by atoms with van der Waals surface area (Å²) in [6.07, 6.45) is 1.95. The monoisotopic (exact) mass is 283 g/mol. The summed E-state index contributed by atoms with van der Waals surface area (Å²) in [6, 6.07) is 12.6. The number of hydrogen-bond donors (Lipinski definition) is 1. The fourth-order valence-corrected chi connectivity index (χ4v) is 2.15. The normalized spacial score (nSPS) is 11.5. The molecule has 0 fully saturated rings. The van der Waals surface area contributed by atoms with Gasteiger partial charge in [0.2, 0.25) is 0 Å². The molecule has 2 rings (SSSR count). The number of nitrogens with zero attached hydrogens (tertiary/aromatic N) is 2. The molecular formula is C18H25N3. The van der Waals surface area contributed by atoms with E-state index in [1.807, 2.05) is 6.20 Å². The van der Waals surface area contributed by atoms with Crippen LogP contribution in [0.1, 0.15) is 31.9 Å². The smallest absolute Gasteiger partial charge is 0.132 e. The summed E-state index contributed by atoms with van der Waals surface area (Å²) in [7, 11) is 2.05. The van der Waals surface area contributed by atoms with Gasteiger partial charge in [0.25, 0.3) is 0 Å². The second-order valence-electron chi connectivity index (χ2n) is 6.47. The molecule has 0 radical (unpaired) electrons. The first-order chi connectivity index (χ1) is 9.87. The van der Waals surface area contributed by atoms with E-state index in [2.05, 4.69) is 86.3 Å². The zero-order valence-electron chi connectivity index (χ0n) is 13.6. The van der Waals surface area contributed by atoms with Crippen molar-refractivity contribution in [2.45, 2.75) is 39.8 Å². The van der Waals surface area contributed by atoms with Crippen LogP contribution >= 0.6 is 0 Å². The van der Waals surface area contributed by atoms with Crippen LogP contribution in [0.3, 0.4) is 0 Å². The van der Waals surface area contributed by atoms with Gasteiger partial charge >= 0.3 is 0 Å². The summed E-state index contributed by atoms with van der Waals surface area (Å²) in [5, 5.41) is 3.47. The van der Waals surface area contributed by atoms with E-state index < -0.39 is 0 Å². The third-order valence-electron chi connectivity index (χ3n) is 3.45. The summed E-state index contributed by atoms with van der Waals surface area (Å²) < 4.78 is 0. The Balaban J connectivity index is 2.10. The van der Waals surface area contributed by atoms with Crippen LogP contribution in [-0.4, -0.2) is 17.6 Å². The maximum atomic E-state index is 4.58. The molecule has 0 spiro atoms. The van der Waals surface area contributed by atoms with Crippen LogP contribution in [0, 0.1) is 6.92 Å². The number of aromatic nitrogens is 1. The first-order valence-corrected chi connectivity index (χ1v) is 7.36. The van der Waals surface area contributed by atoms with Crippen molar-refractivity contribution in [2.75, 3.05) is 11.9 Å². The number of hydrogen-bond acceptors (Lipinski definition) is 3. The van der Waals surface area contributed by atoms with E-state index in [1.165, 1.54) is 16.8 Å². The van der Waals surface area contributed by atoms with Crippen molar-refractivity contribution in [3.8, 4) is 0 Å². The molecule has 0 aliphatic rings. The highest BCUT2D eigenvalue weighted by Crippen LogP contribution is 2.24. The molecule has 1 aromatic heterocycles. The number of benzene rings is 1. The van der Waals surface area contributed by atoms with Crippen LogP contribution in [-0.2, 0) is 6.54 Å². The Morgan fingerprint density at radius 3 is 2.38 bits per heavy atom. The van der Waals surface area contributed by atoms with Crippen molar-refractivity contribution in [2.24, 2.45) is 0 Å². The van der Waals surface area contributed by atoms with Crippen molar-refractivity contribution in [1.82, 2.24) is 10.3 Å². The van der Waals surface area contributed by atoms with Crippen molar-refractivity contribution < 1.29 is 0 Å². The van der Waals surface area contributed by atoms with Gasteiger partial charge in [-0.3, -0.25) is 0 Å². The van der Waals surface area contributed by atoms with Gasteiger partial charge in [-0.25, -0.2) is 4.98 Å². The predicted molar refractivity (Wildman–Crippen MR) is 90.1 cm³/mol. The summed E-state index contributed by atoms with van der Waals surface area (Å²) in [5.41, 5.74) is 3.76. The standard InChI is InChI=1S/C18H25N3/c1-14-8-6-7-9-16(14)21(5)17-11-10-15(12-19-17)13-20-18(2,3)4/h6-12,20H,13H2,1-5H3. The minimum absolute atomic E-state index is 0.122. The molecule has 0 atom stereocenters. The number of anilines is 2. The van der Waals surface area contributed by atoms with Crippen LogP contribution < -0.4 is 10.2 Å². The van der Waals surface area contributed by atoms with Gasteiger partial charge in [0.1, 0.15) is 5.82 Å². The summed E-state index contributed by atoms with van der Waals surface area (Å²) >= 11 is 0. The predicted octanol–water partition coefficient (Wildman–Crippen LogP) is 4.05. The van der Waals surface area contributed by atoms with Crippen LogP contribution in [0.15, 0.2) is 42.6 Å². The van der Waals surface area contributed by atoms with Gasteiger partial charge < -0.3 is 10.2 Å². The zero-order chi connectivity index (χ0) is 15.5. The molecule has 3 heteroatoms. The summed E-state index contributed by atoms with van der Waals surface area (Å²) in [4.78, 5) is 6.70. The molecule has 0 saturated carbocycles. The van der Waals surface area contributed by atoms with E-state index >= 15 is 0 Å². The van der Waals surface area contributed by atoms with Crippen molar-refractivity contribution in [1.29, 1.82) is 0 Å². The second kappa shape index (κ2) is 6.27. The number of rotatable bonds is 4. The molecule has 2 aromatic rings. The molecule has 0 aliphatic heterocycles. The first-order valence-electron chi connectivity index (χ1n) is 7.36. The maximum absolute atomic E-state index is 4.58. The molecule has 0 unspecified atom stereocenters. The lowest BCUT2D eigenvalue weighted by molar-refractivity contribution is 0.424. The highest BCUT2D eigenvalue weighted by atomic mass is 15.2. The third kappa shape index (κ3) is 4.30. The lowest BCUT2D eigenvalue weighted by Gasteiger charge is -2.22. The quantitative estimate of drug-likeness (QED) is 0.917. The Morgan fingerprint density at radius 2 is 1.81 bits per heavy atom. The SMILES string of the molecule is Cc1ccccc1N(C)c1ccc(CNC(C)(C)C)cn1. The van der Waals surface area contributed by atoms with Crippen molar-refractivity contribution in [3.63, 3.8) is 0 Å². The number of para-hydroxylation sites is 1.